The molecule has 0 spiro atoms. The van der Waals surface area contributed by atoms with Gasteiger partial charge >= 0.3 is 0 Å². The van der Waals surface area contributed by atoms with Crippen molar-refractivity contribution in [3.8, 4) is 16.9 Å². The Morgan fingerprint density at radius 1 is 1.08 bits per heavy atom. The van der Waals surface area contributed by atoms with Crippen LogP contribution in [0.2, 0.25) is 0 Å². The van der Waals surface area contributed by atoms with E-state index in [1.807, 2.05) is 24.5 Å². The van der Waals surface area contributed by atoms with Gasteiger partial charge in [-0.1, -0.05) is 56.3 Å². The molecule has 6 bridgehead atoms. The van der Waals surface area contributed by atoms with Crippen molar-refractivity contribution < 1.29 is 4.74 Å². The highest BCUT2D eigenvalue weighted by Gasteiger charge is 2.19. The number of ether oxygens (including phenoxy) is 1. The predicted octanol–water partition coefficient (Wildman–Crippen LogP) is 7.28. The Morgan fingerprint density at radius 2 is 1.92 bits per heavy atom. The number of aliphatic imine (C=N–C) groups is 1. The fourth-order valence-electron chi connectivity index (χ4n) is 4.86. The lowest BCUT2D eigenvalue weighted by molar-refractivity contribution is 0.321. The van der Waals surface area contributed by atoms with Gasteiger partial charge in [-0.25, -0.2) is 0 Å². The number of nitrogens with one attached hydrogen (secondary N) is 1. The second-order valence-corrected chi connectivity index (χ2v) is 9.71. The Labute approximate surface area is 212 Å². The van der Waals surface area contributed by atoms with Gasteiger partial charge in [-0.3, -0.25) is 9.79 Å². The van der Waals surface area contributed by atoms with Crippen molar-refractivity contribution in [2.24, 2.45) is 10.9 Å². The second-order valence-electron chi connectivity index (χ2n) is 9.71. The molecule has 2 atom stereocenters. The lowest BCUT2D eigenvalue weighted by Crippen LogP contribution is -2.08. The highest BCUT2D eigenvalue weighted by Crippen LogP contribution is 2.37. The van der Waals surface area contributed by atoms with Crippen LogP contribution < -0.4 is 10.3 Å². The molecule has 1 aliphatic rings. The molecule has 1 aromatic heterocycles. The van der Waals surface area contributed by atoms with E-state index < -0.39 is 0 Å². The Hall–Kier alpha value is -3.92. The molecular formula is C32H32N2O2. The van der Waals surface area contributed by atoms with E-state index in [-0.39, 0.29) is 11.5 Å². The summed E-state index contributed by atoms with van der Waals surface area (Å²) in [5.74, 6) is 1.30. The number of fused-ring (bicyclic) bond motifs is 6. The van der Waals surface area contributed by atoms with Gasteiger partial charge in [0, 0.05) is 41.7 Å². The first-order valence-corrected chi connectivity index (χ1v) is 12.7. The fraction of sp³-hybridized carbons (Fsp3) is 0.250. The molecule has 3 aromatic carbocycles. The molecule has 1 aliphatic heterocycles. The van der Waals surface area contributed by atoms with Crippen LogP contribution in [0.4, 0.5) is 0 Å². The molecule has 2 heterocycles. The molecular weight excluding hydrogens is 444 g/mol. The predicted molar refractivity (Wildman–Crippen MR) is 149 cm³/mol. The fourth-order valence-corrected chi connectivity index (χ4v) is 4.86. The number of hydrogen-bond donors (Lipinski definition) is 1. The van der Waals surface area contributed by atoms with Gasteiger partial charge < -0.3 is 9.72 Å². The van der Waals surface area contributed by atoms with Crippen LogP contribution in [-0.4, -0.2) is 17.8 Å². The lowest BCUT2D eigenvalue weighted by Gasteiger charge is -2.21. The Kier molecular flexibility index (Phi) is 6.86. The Balaban J connectivity index is 1.74. The monoisotopic (exact) mass is 476 g/mol. The molecule has 2 unspecified atom stereocenters. The molecule has 0 amide bonds. The summed E-state index contributed by atoms with van der Waals surface area (Å²) in [5.41, 5.74) is 7.35. The van der Waals surface area contributed by atoms with Crippen molar-refractivity contribution in [2.45, 2.75) is 39.5 Å². The first kappa shape index (κ1) is 23.8. The number of allylic oxidation sites excluding steroid dienone is 1. The Bertz CT molecular complexity index is 1510. The van der Waals surface area contributed by atoms with E-state index in [1.54, 1.807) is 6.07 Å². The zero-order valence-corrected chi connectivity index (χ0v) is 21.1. The largest absolute Gasteiger partial charge is 0.493 e. The molecule has 4 heteroatoms. The quantitative estimate of drug-likeness (QED) is 0.315. The molecule has 1 N–H and O–H groups in total. The number of nitrogens with zero attached hydrogens (tertiary/aromatic N) is 1. The molecule has 0 radical (unpaired) electrons. The summed E-state index contributed by atoms with van der Waals surface area (Å²) in [6.07, 6.45) is 5.85. The highest BCUT2D eigenvalue weighted by atomic mass is 16.5. The number of pyridine rings is 1. The molecule has 5 rings (SSSR count). The number of rotatable bonds is 4. The van der Waals surface area contributed by atoms with Crippen LogP contribution >= 0.6 is 0 Å². The lowest BCUT2D eigenvalue weighted by atomic mass is 9.84. The van der Waals surface area contributed by atoms with Crippen molar-refractivity contribution in [3.63, 3.8) is 0 Å². The van der Waals surface area contributed by atoms with E-state index in [0.717, 1.165) is 57.3 Å². The molecule has 0 saturated carbocycles. The third-order valence-corrected chi connectivity index (χ3v) is 7.01. The van der Waals surface area contributed by atoms with E-state index in [0.29, 0.717) is 12.5 Å². The summed E-state index contributed by atoms with van der Waals surface area (Å²) in [7, 11) is 0. The van der Waals surface area contributed by atoms with E-state index in [1.165, 1.54) is 5.56 Å². The van der Waals surface area contributed by atoms with Crippen LogP contribution in [0.3, 0.4) is 0 Å². The molecule has 4 aromatic rings. The van der Waals surface area contributed by atoms with Crippen molar-refractivity contribution in [1.82, 2.24) is 4.98 Å². The summed E-state index contributed by atoms with van der Waals surface area (Å²) in [6, 6.07) is 24.8. The first-order chi connectivity index (χ1) is 17.5. The van der Waals surface area contributed by atoms with Crippen molar-refractivity contribution >= 4 is 17.1 Å². The number of hydrogen-bond acceptors (Lipinski definition) is 3. The topological polar surface area (TPSA) is 54.4 Å². The number of aromatic amines is 1. The van der Waals surface area contributed by atoms with Gasteiger partial charge in [-0.05, 0) is 76.9 Å². The van der Waals surface area contributed by atoms with Crippen LogP contribution in [0.15, 0.2) is 94.4 Å². The summed E-state index contributed by atoms with van der Waals surface area (Å²) in [4.78, 5) is 20.2. The number of benzene rings is 3. The van der Waals surface area contributed by atoms with Gasteiger partial charge in [-0.15, -0.1) is 0 Å². The van der Waals surface area contributed by atoms with Gasteiger partial charge in [0.1, 0.15) is 5.75 Å². The Morgan fingerprint density at radius 3 is 2.78 bits per heavy atom. The van der Waals surface area contributed by atoms with E-state index >= 15 is 0 Å². The highest BCUT2D eigenvalue weighted by molar-refractivity contribution is 5.95. The summed E-state index contributed by atoms with van der Waals surface area (Å²) in [5, 5.41) is 1.04. The van der Waals surface area contributed by atoms with Crippen LogP contribution in [0.1, 0.15) is 49.8 Å². The maximum Gasteiger partial charge on any atom is 0.249 e. The van der Waals surface area contributed by atoms with Crippen molar-refractivity contribution in [1.29, 1.82) is 0 Å². The standard InChI is InChI=1S/C32H32N2O2/c1-4-21(2)19-33-20-22(3)32-25-9-6-10-27(16-25)36-14-13-23-7-5-8-24(15-23)28-18-31(35)34-30-12-11-26(32)17-29(28)30/h5-12,15-21,32H,4,13-14H2,1-3H3,(H,34,35)/b22-20+,33-19?. The SMILES string of the molecule is CCC(C)C=N/C=C(\C)C1c2cccc(c2)OCCc2cccc(c2)-c2cc(=O)[nH]c3ccc1cc23. The van der Waals surface area contributed by atoms with Crippen LogP contribution in [0, 0.1) is 5.92 Å². The van der Waals surface area contributed by atoms with E-state index in [2.05, 4.69) is 85.3 Å². The number of H-pyrrole nitrogens is 1. The third-order valence-electron chi connectivity index (χ3n) is 7.01. The van der Waals surface area contributed by atoms with Crippen LogP contribution in [0.5, 0.6) is 5.75 Å². The van der Waals surface area contributed by atoms with E-state index in [9.17, 15) is 4.79 Å². The first-order valence-electron chi connectivity index (χ1n) is 12.7. The van der Waals surface area contributed by atoms with Crippen molar-refractivity contribution in [3.05, 3.63) is 112 Å². The smallest absolute Gasteiger partial charge is 0.249 e. The van der Waals surface area contributed by atoms with E-state index in [4.69, 9.17) is 4.74 Å². The third kappa shape index (κ3) is 5.03. The van der Waals surface area contributed by atoms with Gasteiger partial charge in [-0.2, -0.15) is 0 Å². The molecule has 4 nitrogen and oxygen atoms in total. The second kappa shape index (κ2) is 10.4. The van der Waals surface area contributed by atoms with Gasteiger partial charge in [0.25, 0.3) is 0 Å². The maximum absolute atomic E-state index is 12.5. The average molecular weight is 477 g/mol. The summed E-state index contributed by atoms with van der Waals surface area (Å²) in [6.45, 7) is 7.07. The minimum Gasteiger partial charge on any atom is -0.493 e. The van der Waals surface area contributed by atoms with Gasteiger partial charge in [0.2, 0.25) is 5.56 Å². The molecule has 0 aliphatic carbocycles. The maximum atomic E-state index is 12.5. The summed E-state index contributed by atoms with van der Waals surface area (Å²) >= 11 is 0. The average Bonchev–Trinajstić information content (AvgIpc) is 2.88. The zero-order chi connectivity index (χ0) is 25.1. The molecule has 182 valence electrons. The summed E-state index contributed by atoms with van der Waals surface area (Å²) < 4.78 is 6.17. The van der Waals surface area contributed by atoms with Gasteiger partial charge in [0.15, 0.2) is 0 Å². The number of aromatic nitrogens is 1. The minimum absolute atomic E-state index is 0.00101. The van der Waals surface area contributed by atoms with Crippen LogP contribution in [0.25, 0.3) is 22.0 Å². The molecule has 0 fully saturated rings. The minimum atomic E-state index is -0.0974. The zero-order valence-electron chi connectivity index (χ0n) is 21.1. The normalized spacial score (nSPS) is 16.6. The van der Waals surface area contributed by atoms with Crippen molar-refractivity contribution in [2.75, 3.05) is 6.61 Å². The van der Waals surface area contributed by atoms with Crippen LogP contribution in [-0.2, 0) is 6.42 Å². The van der Waals surface area contributed by atoms with Gasteiger partial charge in [0.05, 0.1) is 6.61 Å². The molecule has 0 saturated heterocycles. The molecule has 36 heavy (non-hydrogen) atoms.